The van der Waals surface area contributed by atoms with Crippen LogP contribution in [0.25, 0.3) is 0 Å². The summed E-state index contributed by atoms with van der Waals surface area (Å²) in [5.74, 6) is 0. The van der Waals surface area contributed by atoms with Crippen molar-refractivity contribution < 1.29 is 22.7 Å². The molecule has 18 heavy (non-hydrogen) atoms. The molecule has 0 aromatic heterocycles. The minimum atomic E-state index is -4.59. The van der Waals surface area contributed by atoms with Gasteiger partial charge in [0.2, 0.25) is 0 Å². The van der Waals surface area contributed by atoms with Crippen LogP contribution in [0.2, 0.25) is 0 Å². The summed E-state index contributed by atoms with van der Waals surface area (Å²) in [6.45, 7) is 1.92. The highest BCUT2D eigenvalue weighted by molar-refractivity contribution is 5.86. The molecule has 1 aromatic rings. The van der Waals surface area contributed by atoms with Crippen molar-refractivity contribution in [3.8, 4) is 0 Å². The van der Waals surface area contributed by atoms with Crippen molar-refractivity contribution in [1.82, 2.24) is 0 Å². The van der Waals surface area contributed by atoms with Gasteiger partial charge in [-0.2, -0.15) is 13.2 Å². The van der Waals surface area contributed by atoms with Crippen molar-refractivity contribution in [2.24, 2.45) is 0 Å². The number of hydrogen-bond acceptors (Lipinski definition) is 3. The van der Waals surface area contributed by atoms with Crippen molar-refractivity contribution in [3.05, 3.63) is 23.8 Å². The molecule has 0 atom stereocenters. The summed E-state index contributed by atoms with van der Waals surface area (Å²) in [5.41, 5.74) is 3.88. The van der Waals surface area contributed by atoms with Crippen LogP contribution in [-0.4, -0.2) is 12.7 Å². The second kappa shape index (κ2) is 5.61. The van der Waals surface area contributed by atoms with E-state index in [4.69, 9.17) is 5.73 Å². The van der Waals surface area contributed by atoms with E-state index in [0.29, 0.717) is 6.42 Å². The van der Waals surface area contributed by atoms with Gasteiger partial charge in [-0.25, -0.2) is 4.79 Å². The lowest BCUT2D eigenvalue weighted by molar-refractivity contribution is -0.136. The highest BCUT2D eigenvalue weighted by Crippen LogP contribution is 2.36. The predicted octanol–water partition coefficient (Wildman–Crippen LogP) is 3.25. The van der Waals surface area contributed by atoms with Gasteiger partial charge in [0.1, 0.15) is 0 Å². The first-order valence-corrected chi connectivity index (χ1v) is 5.25. The third-order valence-corrected chi connectivity index (χ3v) is 2.02. The van der Waals surface area contributed by atoms with E-state index in [-0.39, 0.29) is 18.0 Å². The number of rotatable bonds is 3. The second-order valence-electron chi connectivity index (χ2n) is 3.56. The molecule has 0 fully saturated rings. The van der Waals surface area contributed by atoms with Crippen molar-refractivity contribution in [3.63, 3.8) is 0 Å². The number of nitrogens with two attached hydrogens (primary N) is 1. The molecule has 1 rings (SSSR count). The third-order valence-electron chi connectivity index (χ3n) is 2.02. The smallest absolute Gasteiger partial charge is 0.418 e. The summed E-state index contributed by atoms with van der Waals surface area (Å²) >= 11 is 0. The van der Waals surface area contributed by atoms with Crippen LogP contribution in [0.5, 0.6) is 0 Å². The van der Waals surface area contributed by atoms with Crippen LogP contribution >= 0.6 is 0 Å². The molecule has 1 amide bonds. The summed E-state index contributed by atoms with van der Waals surface area (Å²) in [4.78, 5) is 11.2. The van der Waals surface area contributed by atoms with Crippen LogP contribution in [0.15, 0.2) is 18.2 Å². The van der Waals surface area contributed by atoms with E-state index < -0.39 is 17.8 Å². The van der Waals surface area contributed by atoms with Crippen molar-refractivity contribution >= 4 is 17.5 Å². The van der Waals surface area contributed by atoms with Crippen LogP contribution in [0.1, 0.15) is 18.9 Å². The number of nitrogens with one attached hydrogen (secondary N) is 1. The fourth-order valence-corrected chi connectivity index (χ4v) is 1.25. The van der Waals surface area contributed by atoms with Crippen molar-refractivity contribution in [2.45, 2.75) is 19.5 Å². The Morgan fingerprint density at radius 2 is 2.11 bits per heavy atom. The normalized spacial score (nSPS) is 11.1. The topological polar surface area (TPSA) is 64.3 Å². The molecule has 0 saturated heterocycles. The Bertz CT molecular complexity index is 433. The summed E-state index contributed by atoms with van der Waals surface area (Å²) in [5, 5.41) is 2.04. The van der Waals surface area contributed by atoms with Crippen LogP contribution in [0.4, 0.5) is 29.3 Å². The standard InChI is InChI=1S/C11H13F3N2O2/c1-2-5-18-10(17)16-9-4-3-7(15)6-8(9)11(12,13)14/h3-4,6H,2,5,15H2,1H3,(H,16,17). The van der Waals surface area contributed by atoms with Crippen LogP contribution in [-0.2, 0) is 10.9 Å². The molecule has 0 aliphatic rings. The van der Waals surface area contributed by atoms with Gasteiger partial charge in [-0.1, -0.05) is 6.92 Å². The van der Waals surface area contributed by atoms with E-state index in [0.717, 1.165) is 12.1 Å². The van der Waals surface area contributed by atoms with Gasteiger partial charge in [0.15, 0.2) is 0 Å². The molecule has 4 nitrogen and oxygen atoms in total. The van der Waals surface area contributed by atoms with Crippen molar-refractivity contribution in [2.75, 3.05) is 17.7 Å². The molecular weight excluding hydrogens is 249 g/mol. The van der Waals surface area contributed by atoms with E-state index in [1.165, 1.54) is 6.07 Å². The number of hydrogen-bond donors (Lipinski definition) is 2. The van der Waals surface area contributed by atoms with E-state index in [2.05, 4.69) is 4.74 Å². The van der Waals surface area contributed by atoms with Gasteiger partial charge in [0, 0.05) is 5.69 Å². The molecule has 100 valence electrons. The number of benzene rings is 1. The maximum atomic E-state index is 12.7. The Labute approximate surface area is 102 Å². The SMILES string of the molecule is CCCOC(=O)Nc1ccc(N)cc1C(F)(F)F. The molecule has 1 aromatic carbocycles. The fraction of sp³-hybridized carbons (Fsp3) is 0.364. The van der Waals surface area contributed by atoms with Crippen LogP contribution < -0.4 is 11.1 Å². The molecule has 0 aliphatic heterocycles. The van der Waals surface area contributed by atoms with E-state index >= 15 is 0 Å². The van der Waals surface area contributed by atoms with E-state index in [9.17, 15) is 18.0 Å². The summed E-state index contributed by atoms with van der Waals surface area (Å²) in [6.07, 6.45) is -4.93. The van der Waals surface area contributed by atoms with Gasteiger partial charge < -0.3 is 10.5 Å². The minimum absolute atomic E-state index is 0.0326. The predicted molar refractivity (Wildman–Crippen MR) is 61.1 cm³/mol. The first kappa shape index (κ1) is 14.1. The maximum Gasteiger partial charge on any atom is 0.418 e. The van der Waals surface area contributed by atoms with Crippen LogP contribution in [0, 0.1) is 0 Å². The Balaban J connectivity index is 2.92. The molecular formula is C11H13F3N2O2. The quantitative estimate of drug-likeness (QED) is 0.822. The first-order valence-electron chi connectivity index (χ1n) is 5.25. The average Bonchev–Trinajstić information content (AvgIpc) is 2.27. The zero-order valence-electron chi connectivity index (χ0n) is 9.67. The Hall–Kier alpha value is -1.92. The molecule has 7 heteroatoms. The summed E-state index contributed by atoms with van der Waals surface area (Å²) < 4.78 is 42.7. The van der Waals surface area contributed by atoms with E-state index in [1.807, 2.05) is 5.32 Å². The number of carbonyl (C=O) groups excluding carboxylic acids is 1. The number of nitrogen functional groups attached to an aromatic ring is 1. The summed E-state index contributed by atoms with van der Waals surface area (Å²) in [7, 11) is 0. The molecule has 0 spiro atoms. The molecule has 0 bridgehead atoms. The molecule has 3 N–H and O–H groups in total. The van der Waals surface area contributed by atoms with Crippen LogP contribution in [0.3, 0.4) is 0 Å². The van der Waals surface area contributed by atoms with Gasteiger partial charge in [-0.15, -0.1) is 0 Å². The molecule has 0 radical (unpaired) electrons. The molecule has 0 heterocycles. The number of halogens is 3. The van der Waals surface area contributed by atoms with Gasteiger partial charge in [-0.3, -0.25) is 5.32 Å². The lowest BCUT2D eigenvalue weighted by Crippen LogP contribution is -2.18. The first-order chi connectivity index (χ1) is 8.34. The Kier molecular flexibility index (Phi) is 4.41. The lowest BCUT2D eigenvalue weighted by atomic mass is 10.1. The largest absolute Gasteiger partial charge is 0.449 e. The highest BCUT2D eigenvalue weighted by Gasteiger charge is 2.34. The second-order valence-corrected chi connectivity index (χ2v) is 3.56. The molecule has 0 aliphatic carbocycles. The number of alkyl halides is 3. The zero-order chi connectivity index (χ0) is 13.8. The van der Waals surface area contributed by atoms with Gasteiger partial charge >= 0.3 is 12.3 Å². The molecule has 0 unspecified atom stereocenters. The number of amides is 1. The lowest BCUT2D eigenvalue weighted by Gasteiger charge is -2.14. The Morgan fingerprint density at radius 3 is 2.67 bits per heavy atom. The fourth-order valence-electron chi connectivity index (χ4n) is 1.25. The van der Waals surface area contributed by atoms with Gasteiger partial charge in [0.25, 0.3) is 0 Å². The molecule has 0 saturated carbocycles. The third kappa shape index (κ3) is 3.83. The number of anilines is 2. The van der Waals surface area contributed by atoms with E-state index in [1.54, 1.807) is 6.92 Å². The van der Waals surface area contributed by atoms with Gasteiger partial charge in [-0.05, 0) is 24.6 Å². The minimum Gasteiger partial charge on any atom is -0.449 e. The van der Waals surface area contributed by atoms with Gasteiger partial charge in [0.05, 0.1) is 17.9 Å². The number of ether oxygens (including phenoxy) is 1. The van der Waals surface area contributed by atoms with Crippen molar-refractivity contribution in [1.29, 1.82) is 0 Å². The highest BCUT2D eigenvalue weighted by atomic mass is 19.4. The Morgan fingerprint density at radius 1 is 1.44 bits per heavy atom. The number of carbonyl (C=O) groups is 1. The zero-order valence-corrected chi connectivity index (χ0v) is 9.67. The maximum absolute atomic E-state index is 12.7. The summed E-state index contributed by atoms with van der Waals surface area (Å²) in [6, 6.07) is 3.12. The monoisotopic (exact) mass is 262 g/mol. The average molecular weight is 262 g/mol.